The molecule has 2 atom stereocenters. The second kappa shape index (κ2) is 9.09. The van der Waals surface area contributed by atoms with Crippen LogP contribution in [0, 0.1) is 5.92 Å². The summed E-state index contributed by atoms with van der Waals surface area (Å²) < 4.78 is 0. The van der Waals surface area contributed by atoms with Gasteiger partial charge >= 0.3 is 0 Å². The molecular weight excluding hydrogens is 220 g/mol. The van der Waals surface area contributed by atoms with Gasteiger partial charge in [0, 0.05) is 24.4 Å². The molecule has 18 heavy (non-hydrogen) atoms. The topological polar surface area (TPSA) is 24.9 Å². The van der Waals surface area contributed by atoms with Crippen LogP contribution in [0.2, 0.25) is 0 Å². The molecule has 0 aliphatic heterocycles. The maximum Gasteiger partial charge on any atom is 0.0419 e. The van der Waals surface area contributed by atoms with E-state index in [4.69, 9.17) is 0 Å². The molecule has 1 rings (SSSR count). The van der Waals surface area contributed by atoms with Gasteiger partial charge in [0.05, 0.1) is 0 Å². The van der Waals surface area contributed by atoms with E-state index in [9.17, 15) is 0 Å². The number of likely N-dealkylation sites (N-methyl/N-ethyl adjacent to an activating group) is 1. The fourth-order valence-electron chi connectivity index (χ4n) is 2.57. The van der Waals surface area contributed by atoms with Gasteiger partial charge in [-0.1, -0.05) is 46.1 Å². The third-order valence-corrected chi connectivity index (χ3v) is 3.64. The fourth-order valence-corrected chi connectivity index (χ4v) is 2.57. The van der Waals surface area contributed by atoms with Gasteiger partial charge in [-0.3, -0.25) is 4.98 Å². The molecule has 2 unspecified atom stereocenters. The van der Waals surface area contributed by atoms with Crippen molar-refractivity contribution in [2.45, 2.75) is 58.9 Å². The molecule has 2 nitrogen and oxygen atoms in total. The van der Waals surface area contributed by atoms with Crippen molar-refractivity contribution in [2.24, 2.45) is 5.92 Å². The normalized spacial score (nSPS) is 14.4. The average Bonchev–Trinajstić information content (AvgIpc) is 2.41. The summed E-state index contributed by atoms with van der Waals surface area (Å²) in [5.74, 6) is 0.770. The summed E-state index contributed by atoms with van der Waals surface area (Å²) in [7, 11) is 0. The number of hydrogen-bond acceptors (Lipinski definition) is 2. The molecule has 0 fully saturated rings. The summed E-state index contributed by atoms with van der Waals surface area (Å²) >= 11 is 0. The predicted octanol–water partition coefficient (Wildman–Crippen LogP) is 3.82. The number of rotatable bonds is 9. The zero-order valence-electron chi connectivity index (χ0n) is 12.2. The molecule has 0 saturated carbocycles. The third-order valence-electron chi connectivity index (χ3n) is 3.64. The van der Waals surface area contributed by atoms with Gasteiger partial charge in [-0.15, -0.1) is 0 Å². The Hall–Kier alpha value is -0.890. The van der Waals surface area contributed by atoms with E-state index < -0.39 is 0 Å². The standard InChI is InChI=1S/C16H28N2/c1-4-7-10-14(5-2)16(17-6-3)13-15-11-8-9-12-18-15/h8-9,11-12,14,16-17H,4-7,10,13H2,1-3H3. The fraction of sp³-hybridized carbons (Fsp3) is 0.688. The van der Waals surface area contributed by atoms with E-state index in [0.29, 0.717) is 6.04 Å². The highest BCUT2D eigenvalue weighted by molar-refractivity contribution is 5.05. The van der Waals surface area contributed by atoms with Gasteiger partial charge in [-0.25, -0.2) is 0 Å². The Morgan fingerprint density at radius 3 is 2.61 bits per heavy atom. The minimum absolute atomic E-state index is 0.571. The molecule has 1 aromatic rings. The van der Waals surface area contributed by atoms with Crippen LogP contribution in [0.4, 0.5) is 0 Å². The Labute approximate surface area is 112 Å². The lowest BCUT2D eigenvalue weighted by Gasteiger charge is -2.27. The third kappa shape index (κ3) is 5.18. The molecule has 0 bridgehead atoms. The summed E-state index contributed by atoms with van der Waals surface area (Å²) in [6.07, 6.45) is 8.16. The molecule has 1 N–H and O–H groups in total. The largest absolute Gasteiger partial charge is 0.314 e. The first kappa shape index (κ1) is 15.2. The van der Waals surface area contributed by atoms with Crippen molar-refractivity contribution in [2.75, 3.05) is 6.54 Å². The molecular formula is C16H28N2. The van der Waals surface area contributed by atoms with Crippen LogP contribution in [0.1, 0.15) is 52.1 Å². The lowest BCUT2D eigenvalue weighted by atomic mass is 9.88. The molecule has 1 aromatic heterocycles. The zero-order chi connectivity index (χ0) is 13.2. The molecule has 0 saturated heterocycles. The number of nitrogens with zero attached hydrogens (tertiary/aromatic N) is 1. The summed E-state index contributed by atoms with van der Waals surface area (Å²) in [4.78, 5) is 4.46. The monoisotopic (exact) mass is 248 g/mol. The molecule has 1 heterocycles. The van der Waals surface area contributed by atoms with Gasteiger partial charge in [-0.2, -0.15) is 0 Å². The number of pyridine rings is 1. The Morgan fingerprint density at radius 1 is 1.22 bits per heavy atom. The van der Waals surface area contributed by atoms with Gasteiger partial charge in [0.2, 0.25) is 0 Å². The van der Waals surface area contributed by atoms with Crippen LogP contribution in [-0.4, -0.2) is 17.6 Å². The van der Waals surface area contributed by atoms with E-state index in [0.717, 1.165) is 18.9 Å². The van der Waals surface area contributed by atoms with Crippen LogP contribution in [-0.2, 0) is 6.42 Å². The Bertz CT molecular complexity index is 297. The van der Waals surface area contributed by atoms with E-state index >= 15 is 0 Å². The van der Waals surface area contributed by atoms with Crippen molar-refractivity contribution in [1.29, 1.82) is 0 Å². The van der Waals surface area contributed by atoms with Crippen molar-refractivity contribution in [3.05, 3.63) is 30.1 Å². The van der Waals surface area contributed by atoms with Crippen molar-refractivity contribution in [3.8, 4) is 0 Å². The lowest BCUT2D eigenvalue weighted by Crippen LogP contribution is -2.38. The first-order valence-corrected chi connectivity index (χ1v) is 7.45. The molecule has 0 spiro atoms. The summed E-state index contributed by atoms with van der Waals surface area (Å²) in [5, 5.41) is 3.65. The highest BCUT2D eigenvalue weighted by Crippen LogP contribution is 2.19. The van der Waals surface area contributed by atoms with Crippen LogP contribution in [0.25, 0.3) is 0 Å². The molecule has 0 aliphatic carbocycles. The van der Waals surface area contributed by atoms with Crippen molar-refractivity contribution in [1.82, 2.24) is 10.3 Å². The lowest BCUT2D eigenvalue weighted by molar-refractivity contribution is 0.318. The van der Waals surface area contributed by atoms with Gasteiger partial charge in [0.15, 0.2) is 0 Å². The van der Waals surface area contributed by atoms with Crippen LogP contribution < -0.4 is 5.32 Å². The smallest absolute Gasteiger partial charge is 0.0419 e. The number of nitrogens with one attached hydrogen (secondary N) is 1. The predicted molar refractivity (Wildman–Crippen MR) is 78.7 cm³/mol. The molecule has 0 radical (unpaired) electrons. The quantitative estimate of drug-likeness (QED) is 0.718. The highest BCUT2D eigenvalue weighted by atomic mass is 14.9. The SMILES string of the molecule is CCCCC(CC)C(Cc1ccccn1)NCC. The highest BCUT2D eigenvalue weighted by Gasteiger charge is 2.19. The van der Waals surface area contributed by atoms with Crippen molar-refractivity contribution < 1.29 is 0 Å². The van der Waals surface area contributed by atoms with E-state index in [-0.39, 0.29) is 0 Å². The Morgan fingerprint density at radius 2 is 2.06 bits per heavy atom. The van der Waals surface area contributed by atoms with Crippen LogP contribution in [0.5, 0.6) is 0 Å². The minimum Gasteiger partial charge on any atom is -0.314 e. The Kier molecular flexibility index (Phi) is 7.66. The van der Waals surface area contributed by atoms with Gasteiger partial charge in [0.25, 0.3) is 0 Å². The Balaban J connectivity index is 2.61. The average molecular weight is 248 g/mol. The molecule has 102 valence electrons. The van der Waals surface area contributed by atoms with E-state index in [1.54, 1.807) is 0 Å². The maximum atomic E-state index is 4.46. The second-order valence-corrected chi connectivity index (χ2v) is 5.00. The van der Waals surface area contributed by atoms with Crippen LogP contribution in [0.15, 0.2) is 24.4 Å². The zero-order valence-corrected chi connectivity index (χ0v) is 12.2. The molecule has 2 heteroatoms. The summed E-state index contributed by atoms with van der Waals surface area (Å²) in [6, 6.07) is 6.77. The molecule has 0 aromatic carbocycles. The summed E-state index contributed by atoms with van der Waals surface area (Å²) in [6.45, 7) is 7.81. The first-order chi connectivity index (χ1) is 8.81. The molecule has 0 amide bonds. The van der Waals surface area contributed by atoms with Crippen molar-refractivity contribution >= 4 is 0 Å². The maximum absolute atomic E-state index is 4.46. The van der Waals surface area contributed by atoms with Gasteiger partial charge in [0.1, 0.15) is 0 Å². The second-order valence-electron chi connectivity index (χ2n) is 5.00. The van der Waals surface area contributed by atoms with Gasteiger partial charge in [-0.05, 0) is 31.0 Å². The van der Waals surface area contributed by atoms with Crippen LogP contribution in [0.3, 0.4) is 0 Å². The van der Waals surface area contributed by atoms with E-state index in [1.165, 1.54) is 31.4 Å². The number of aromatic nitrogens is 1. The van der Waals surface area contributed by atoms with E-state index in [2.05, 4.69) is 43.2 Å². The number of unbranched alkanes of at least 4 members (excludes halogenated alkanes) is 1. The molecule has 0 aliphatic rings. The van der Waals surface area contributed by atoms with E-state index in [1.807, 2.05) is 12.3 Å². The van der Waals surface area contributed by atoms with Crippen LogP contribution >= 0.6 is 0 Å². The first-order valence-electron chi connectivity index (χ1n) is 7.45. The number of hydrogen-bond donors (Lipinski definition) is 1. The van der Waals surface area contributed by atoms with Crippen molar-refractivity contribution in [3.63, 3.8) is 0 Å². The van der Waals surface area contributed by atoms with Gasteiger partial charge < -0.3 is 5.32 Å². The summed E-state index contributed by atoms with van der Waals surface area (Å²) in [5.41, 5.74) is 1.21. The minimum atomic E-state index is 0.571.